The maximum Gasteiger partial charge on any atom is 0.214 e. The molecule has 1 N–H and O–H groups in total. The van der Waals surface area contributed by atoms with Crippen LogP contribution in [0.2, 0.25) is 0 Å². The first-order valence-electron chi connectivity index (χ1n) is 7.61. The molecule has 3 nitrogen and oxygen atoms in total. The third-order valence-electron chi connectivity index (χ3n) is 3.98. The Labute approximate surface area is 115 Å². The van der Waals surface area contributed by atoms with E-state index >= 15 is 0 Å². The molecule has 0 radical (unpaired) electrons. The Morgan fingerprint density at radius 2 is 2.05 bits per heavy atom. The van der Waals surface area contributed by atoms with Crippen molar-refractivity contribution in [3.63, 3.8) is 0 Å². The van der Waals surface area contributed by atoms with Crippen LogP contribution in [0.5, 0.6) is 5.88 Å². The summed E-state index contributed by atoms with van der Waals surface area (Å²) in [6.07, 6.45) is 6.72. The molecule has 0 atom stereocenters. The molecular formula is C16H24N2O. The summed E-state index contributed by atoms with van der Waals surface area (Å²) in [5, 5.41) is 3.56. The van der Waals surface area contributed by atoms with Crippen LogP contribution in [0.1, 0.15) is 63.1 Å². The zero-order valence-electron chi connectivity index (χ0n) is 12.0. The van der Waals surface area contributed by atoms with E-state index < -0.39 is 0 Å². The third kappa shape index (κ3) is 3.47. The fourth-order valence-electron chi connectivity index (χ4n) is 2.25. The number of hydrogen-bond donors (Lipinski definition) is 1. The number of hydrogen-bond acceptors (Lipinski definition) is 3. The van der Waals surface area contributed by atoms with E-state index in [-0.39, 0.29) is 0 Å². The monoisotopic (exact) mass is 260 g/mol. The molecule has 2 aliphatic carbocycles. The van der Waals surface area contributed by atoms with Gasteiger partial charge in [-0.3, -0.25) is 0 Å². The van der Waals surface area contributed by atoms with Crippen molar-refractivity contribution in [2.24, 2.45) is 0 Å². The minimum absolute atomic E-state index is 0.402. The molecule has 0 saturated heterocycles. The maximum atomic E-state index is 5.97. The molecular weight excluding hydrogens is 236 g/mol. The molecule has 3 rings (SSSR count). The average Bonchev–Trinajstić information content (AvgIpc) is 3.15. The Hall–Kier alpha value is -1.09. The molecule has 0 aliphatic heterocycles. The minimum atomic E-state index is 0.402. The van der Waals surface area contributed by atoms with Crippen molar-refractivity contribution in [3.05, 3.63) is 23.4 Å². The summed E-state index contributed by atoms with van der Waals surface area (Å²) in [5.41, 5.74) is 2.45. The number of ether oxygens (including phenoxy) is 1. The maximum absolute atomic E-state index is 5.97. The minimum Gasteiger partial charge on any atom is -0.474 e. The summed E-state index contributed by atoms with van der Waals surface area (Å²) in [7, 11) is 0. The highest BCUT2D eigenvalue weighted by Gasteiger charge is 2.22. The van der Waals surface area contributed by atoms with E-state index in [4.69, 9.17) is 4.74 Å². The first-order valence-corrected chi connectivity index (χ1v) is 7.61. The second-order valence-electron chi connectivity index (χ2n) is 6.22. The van der Waals surface area contributed by atoms with Crippen LogP contribution in [0.25, 0.3) is 0 Å². The molecule has 0 aromatic carbocycles. The number of nitrogens with one attached hydrogen (secondary N) is 1. The Balaban J connectivity index is 1.72. The van der Waals surface area contributed by atoms with Gasteiger partial charge in [0.05, 0.1) is 0 Å². The first-order chi connectivity index (χ1) is 9.20. The summed E-state index contributed by atoms with van der Waals surface area (Å²) in [6.45, 7) is 5.31. The smallest absolute Gasteiger partial charge is 0.214 e. The molecule has 0 amide bonds. The van der Waals surface area contributed by atoms with E-state index in [1.807, 2.05) is 0 Å². The SMILES string of the molecule is CC(C)c1cc(CNC2CC2)cc(OC2CCC2)n1. The predicted molar refractivity (Wildman–Crippen MR) is 76.5 cm³/mol. The van der Waals surface area contributed by atoms with Crippen molar-refractivity contribution in [2.75, 3.05) is 0 Å². The molecule has 2 saturated carbocycles. The van der Waals surface area contributed by atoms with Gasteiger partial charge in [0.2, 0.25) is 5.88 Å². The van der Waals surface area contributed by atoms with Crippen LogP contribution < -0.4 is 10.1 Å². The second kappa shape index (κ2) is 5.49. The van der Waals surface area contributed by atoms with E-state index in [2.05, 4.69) is 36.3 Å². The van der Waals surface area contributed by atoms with Crippen molar-refractivity contribution >= 4 is 0 Å². The fourth-order valence-corrected chi connectivity index (χ4v) is 2.25. The zero-order valence-corrected chi connectivity index (χ0v) is 12.0. The van der Waals surface area contributed by atoms with Crippen molar-refractivity contribution in [1.29, 1.82) is 0 Å². The van der Waals surface area contributed by atoms with E-state index in [0.717, 1.165) is 24.2 Å². The molecule has 1 aromatic rings. The topological polar surface area (TPSA) is 34.1 Å². The Morgan fingerprint density at radius 1 is 1.26 bits per heavy atom. The van der Waals surface area contributed by atoms with Gasteiger partial charge in [0, 0.05) is 24.3 Å². The van der Waals surface area contributed by atoms with E-state index in [1.54, 1.807) is 0 Å². The molecule has 2 aliphatic rings. The molecule has 1 heterocycles. The normalized spacial score (nSPS) is 19.5. The van der Waals surface area contributed by atoms with Gasteiger partial charge in [-0.2, -0.15) is 0 Å². The summed E-state index contributed by atoms with van der Waals surface area (Å²) in [5.74, 6) is 1.27. The highest BCUT2D eigenvalue weighted by atomic mass is 16.5. The summed E-state index contributed by atoms with van der Waals surface area (Å²) >= 11 is 0. The number of aromatic nitrogens is 1. The predicted octanol–water partition coefficient (Wildman–Crippen LogP) is 3.39. The first kappa shape index (κ1) is 12.9. The molecule has 19 heavy (non-hydrogen) atoms. The quantitative estimate of drug-likeness (QED) is 0.851. The molecule has 2 fully saturated rings. The van der Waals surface area contributed by atoms with E-state index in [9.17, 15) is 0 Å². The lowest BCUT2D eigenvalue weighted by Gasteiger charge is -2.26. The van der Waals surface area contributed by atoms with E-state index in [0.29, 0.717) is 12.0 Å². The van der Waals surface area contributed by atoms with Crippen molar-refractivity contribution < 1.29 is 4.74 Å². The molecule has 104 valence electrons. The van der Waals surface area contributed by atoms with E-state index in [1.165, 1.54) is 37.7 Å². The van der Waals surface area contributed by atoms with Crippen molar-refractivity contribution in [3.8, 4) is 5.88 Å². The fraction of sp³-hybridized carbons (Fsp3) is 0.688. The molecule has 0 unspecified atom stereocenters. The lowest BCUT2D eigenvalue weighted by Crippen LogP contribution is -2.25. The van der Waals surface area contributed by atoms with Gasteiger partial charge < -0.3 is 10.1 Å². The van der Waals surface area contributed by atoms with Crippen molar-refractivity contribution in [2.45, 2.75) is 70.6 Å². The zero-order chi connectivity index (χ0) is 13.2. The van der Waals surface area contributed by atoms with Gasteiger partial charge in [0.1, 0.15) is 6.10 Å². The van der Waals surface area contributed by atoms with Gasteiger partial charge in [0.15, 0.2) is 0 Å². The van der Waals surface area contributed by atoms with Crippen LogP contribution in [-0.4, -0.2) is 17.1 Å². The van der Waals surface area contributed by atoms with Gasteiger partial charge >= 0.3 is 0 Å². The van der Waals surface area contributed by atoms with Gasteiger partial charge in [-0.05, 0) is 49.7 Å². The standard InChI is InChI=1S/C16H24N2O/c1-11(2)15-8-12(10-17-13-6-7-13)9-16(18-15)19-14-4-3-5-14/h8-9,11,13-14,17H,3-7,10H2,1-2H3. The summed E-state index contributed by atoms with van der Waals surface area (Å²) in [6, 6.07) is 5.07. The molecule has 3 heteroatoms. The van der Waals surface area contributed by atoms with Crippen LogP contribution in [0.4, 0.5) is 0 Å². The Bertz CT molecular complexity index is 436. The van der Waals surface area contributed by atoms with Gasteiger partial charge in [-0.1, -0.05) is 13.8 Å². The van der Waals surface area contributed by atoms with Crippen molar-refractivity contribution in [1.82, 2.24) is 10.3 Å². The van der Waals surface area contributed by atoms with Gasteiger partial charge in [0.25, 0.3) is 0 Å². The van der Waals surface area contributed by atoms with Gasteiger partial charge in [-0.15, -0.1) is 0 Å². The Morgan fingerprint density at radius 3 is 2.63 bits per heavy atom. The summed E-state index contributed by atoms with van der Waals surface area (Å²) in [4.78, 5) is 4.65. The Kier molecular flexibility index (Phi) is 3.74. The second-order valence-corrected chi connectivity index (χ2v) is 6.22. The number of rotatable bonds is 6. The largest absolute Gasteiger partial charge is 0.474 e. The molecule has 1 aromatic heterocycles. The van der Waals surface area contributed by atoms with Crippen LogP contribution in [0, 0.1) is 0 Å². The molecule has 0 bridgehead atoms. The van der Waals surface area contributed by atoms with Gasteiger partial charge in [-0.25, -0.2) is 4.98 Å². The van der Waals surface area contributed by atoms with Crippen LogP contribution in [0.15, 0.2) is 12.1 Å². The highest BCUT2D eigenvalue weighted by Crippen LogP contribution is 2.27. The highest BCUT2D eigenvalue weighted by molar-refractivity contribution is 5.27. The summed E-state index contributed by atoms with van der Waals surface area (Å²) < 4.78 is 5.97. The third-order valence-corrected chi connectivity index (χ3v) is 3.98. The number of nitrogens with zero attached hydrogens (tertiary/aromatic N) is 1. The van der Waals surface area contributed by atoms with Crippen LogP contribution in [-0.2, 0) is 6.54 Å². The lowest BCUT2D eigenvalue weighted by atomic mass is 9.96. The molecule has 0 spiro atoms. The average molecular weight is 260 g/mol. The van der Waals surface area contributed by atoms with Crippen LogP contribution >= 0.6 is 0 Å². The number of pyridine rings is 1. The lowest BCUT2D eigenvalue weighted by molar-refractivity contribution is 0.114. The van der Waals surface area contributed by atoms with Crippen LogP contribution in [0.3, 0.4) is 0 Å².